The summed E-state index contributed by atoms with van der Waals surface area (Å²) in [4.78, 5) is 14.3. The van der Waals surface area contributed by atoms with Crippen LogP contribution in [-0.4, -0.2) is 22.9 Å². The number of aryl methyl sites for hydroxylation is 1. The summed E-state index contributed by atoms with van der Waals surface area (Å²) in [5.74, 6) is 2.22. The number of furan rings is 1. The molecule has 1 aromatic heterocycles. The van der Waals surface area contributed by atoms with Crippen LogP contribution >= 0.6 is 0 Å². The first-order valence-corrected chi connectivity index (χ1v) is 7.07. The van der Waals surface area contributed by atoms with Crippen molar-refractivity contribution < 1.29 is 9.21 Å². The number of nitrogens with two attached hydrogens (primary N) is 1. The monoisotopic (exact) mass is 264 g/mol. The second-order valence-corrected chi connectivity index (χ2v) is 5.88. The number of amides is 1. The molecule has 2 rings (SSSR count). The van der Waals surface area contributed by atoms with Crippen molar-refractivity contribution in [3.63, 3.8) is 0 Å². The lowest BCUT2D eigenvalue weighted by Gasteiger charge is -2.24. The molecule has 0 spiro atoms. The van der Waals surface area contributed by atoms with E-state index in [4.69, 9.17) is 10.2 Å². The van der Waals surface area contributed by atoms with Gasteiger partial charge in [-0.05, 0) is 37.8 Å². The van der Waals surface area contributed by atoms with Crippen molar-refractivity contribution in [2.45, 2.75) is 58.7 Å². The lowest BCUT2D eigenvalue weighted by molar-refractivity contribution is -0.133. The topological polar surface area (TPSA) is 59.5 Å². The Labute approximate surface area is 114 Å². The Morgan fingerprint density at radius 1 is 1.47 bits per heavy atom. The highest BCUT2D eigenvalue weighted by Crippen LogP contribution is 2.29. The first kappa shape index (κ1) is 14.1. The van der Waals surface area contributed by atoms with Crippen molar-refractivity contribution in [2.75, 3.05) is 0 Å². The van der Waals surface area contributed by atoms with Gasteiger partial charge in [-0.15, -0.1) is 0 Å². The third kappa shape index (κ3) is 3.83. The molecule has 106 valence electrons. The minimum absolute atomic E-state index is 0.0629. The largest absolute Gasteiger partial charge is 0.464 e. The molecule has 2 N–H and O–H groups in total. The van der Waals surface area contributed by atoms with Gasteiger partial charge in [0.1, 0.15) is 11.5 Å². The first-order chi connectivity index (χ1) is 8.97. The summed E-state index contributed by atoms with van der Waals surface area (Å²) in [5.41, 5.74) is 6.00. The van der Waals surface area contributed by atoms with Crippen LogP contribution in [0, 0.1) is 12.8 Å². The van der Waals surface area contributed by atoms with Crippen LogP contribution in [-0.2, 0) is 11.3 Å². The van der Waals surface area contributed by atoms with Crippen LogP contribution in [0.2, 0.25) is 0 Å². The van der Waals surface area contributed by atoms with Crippen LogP contribution in [0.4, 0.5) is 0 Å². The summed E-state index contributed by atoms with van der Waals surface area (Å²) in [6.45, 7) is 6.59. The van der Waals surface area contributed by atoms with Gasteiger partial charge in [-0.25, -0.2) is 0 Å². The highest BCUT2D eigenvalue weighted by atomic mass is 16.3. The van der Waals surface area contributed by atoms with Crippen molar-refractivity contribution in [1.82, 2.24) is 4.90 Å². The zero-order valence-corrected chi connectivity index (χ0v) is 12.1. The number of hydrogen-bond donors (Lipinski definition) is 1. The van der Waals surface area contributed by atoms with Gasteiger partial charge in [-0.3, -0.25) is 4.79 Å². The Balaban J connectivity index is 1.97. The number of carbonyl (C=O) groups is 1. The van der Waals surface area contributed by atoms with E-state index in [9.17, 15) is 4.79 Å². The molecule has 19 heavy (non-hydrogen) atoms. The number of hydrogen-bond acceptors (Lipinski definition) is 3. The van der Waals surface area contributed by atoms with E-state index in [1.807, 2.05) is 24.0 Å². The third-order valence-corrected chi connectivity index (χ3v) is 3.70. The molecule has 4 nitrogen and oxygen atoms in total. The summed E-state index contributed by atoms with van der Waals surface area (Å²) in [5, 5.41) is 0. The van der Waals surface area contributed by atoms with E-state index < -0.39 is 0 Å². The molecule has 1 unspecified atom stereocenters. The van der Waals surface area contributed by atoms with E-state index in [1.165, 1.54) is 0 Å². The van der Waals surface area contributed by atoms with Gasteiger partial charge in [0.15, 0.2) is 0 Å². The van der Waals surface area contributed by atoms with Crippen LogP contribution < -0.4 is 5.73 Å². The van der Waals surface area contributed by atoms with Crippen molar-refractivity contribution in [1.29, 1.82) is 0 Å². The molecule has 1 aliphatic rings. The van der Waals surface area contributed by atoms with Gasteiger partial charge >= 0.3 is 0 Å². The van der Waals surface area contributed by atoms with Crippen LogP contribution in [0.25, 0.3) is 0 Å². The molecule has 0 bridgehead atoms. The maximum absolute atomic E-state index is 12.4. The highest BCUT2D eigenvalue weighted by molar-refractivity contribution is 5.77. The summed E-state index contributed by atoms with van der Waals surface area (Å²) in [6.07, 6.45) is 2.62. The fourth-order valence-electron chi connectivity index (χ4n) is 2.10. The highest BCUT2D eigenvalue weighted by Gasteiger charge is 2.33. The summed E-state index contributed by atoms with van der Waals surface area (Å²) in [7, 11) is 0. The van der Waals surface area contributed by atoms with Gasteiger partial charge in [0, 0.05) is 18.5 Å². The molecule has 4 heteroatoms. The van der Waals surface area contributed by atoms with E-state index in [-0.39, 0.29) is 11.9 Å². The van der Waals surface area contributed by atoms with Gasteiger partial charge in [0.05, 0.1) is 6.54 Å². The van der Waals surface area contributed by atoms with Crippen molar-refractivity contribution in [3.05, 3.63) is 23.7 Å². The summed E-state index contributed by atoms with van der Waals surface area (Å²) in [6, 6.07) is 4.20. The predicted octanol–water partition coefficient (Wildman–Crippen LogP) is 2.45. The Kier molecular flexibility index (Phi) is 4.30. The molecule has 1 saturated carbocycles. The number of nitrogens with zero attached hydrogens (tertiary/aromatic N) is 1. The molecule has 0 saturated heterocycles. The molecular weight excluding hydrogens is 240 g/mol. The Morgan fingerprint density at radius 3 is 2.63 bits per heavy atom. The van der Waals surface area contributed by atoms with Crippen molar-refractivity contribution >= 4 is 5.91 Å². The fraction of sp³-hybridized carbons (Fsp3) is 0.667. The van der Waals surface area contributed by atoms with E-state index in [2.05, 4.69) is 13.8 Å². The lowest BCUT2D eigenvalue weighted by atomic mass is 10.0. The smallest absolute Gasteiger partial charge is 0.224 e. The van der Waals surface area contributed by atoms with E-state index >= 15 is 0 Å². The molecule has 0 radical (unpaired) electrons. The maximum Gasteiger partial charge on any atom is 0.224 e. The normalized spacial score (nSPS) is 16.7. The molecule has 0 aliphatic heterocycles. The minimum Gasteiger partial charge on any atom is -0.464 e. The quantitative estimate of drug-likeness (QED) is 0.858. The number of carbonyl (C=O) groups excluding carboxylic acids is 1. The number of rotatable bonds is 6. The summed E-state index contributed by atoms with van der Waals surface area (Å²) >= 11 is 0. The van der Waals surface area contributed by atoms with Gasteiger partial charge in [-0.1, -0.05) is 13.8 Å². The van der Waals surface area contributed by atoms with Crippen LogP contribution in [0.1, 0.15) is 44.6 Å². The third-order valence-electron chi connectivity index (χ3n) is 3.70. The fourth-order valence-corrected chi connectivity index (χ4v) is 2.10. The molecule has 0 aromatic carbocycles. The molecule has 1 aromatic rings. The lowest BCUT2D eigenvalue weighted by Crippen LogP contribution is -2.38. The molecule has 1 amide bonds. The SMILES string of the molecule is Cc1ccc(CN(C(=O)CC(N)C(C)C)C2CC2)o1. The standard InChI is InChI=1S/C15H24N2O2/c1-10(2)14(16)8-15(18)17(12-5-6-12)9-13-7-4-11(3)19-13/h4,7,10,12,14H,5-6,8-9,16H2,1-3H3. The predicted molar refractivity (Wildman–Crippen MR) is 74.4 cm³/mol. The molecule has 1 heterocycles. The van der Waals surface area contributed by atoms with Crippen molar-refractivity contribution in [3.8, 4) is 0 Å². The van der Waals surface area contributed by atoms with Gasteiger partial charge < -0.3 is 15.1 Å². The van der Waals surface area contributed by atoms with E-state index in [0.29, 0.717) is 24.9 Å². The zero-order valence-electron chi connectivity index (χ0n) is 12.1. The molecule has 1 aliphatic carbocycles. The van der Waals surface area contributed by atoms with Crippen LogP contribution in [0.5, 0.6) is 0 Å². The van der Waals surface area contributed by atoms with E-state index in [1.54, 1.807) is 0 Å². The Bertz CT molecular complexity index is 435. The Hall–Kier alpha value is -1.29. The van der Waals surface area contributed by atoms with Crippen LogP contribution in [0.15, 0.2) is 16.5 Å². The molecule has 1 fully saturated rings. The Morgan fingerprint density at radius 2 is 2.16 bits per heavy atom. The second kappa shape index (κ2) is 5.78. The van der Waals surface area contributed by atoms with Crippen LogP contribution in [0.3, 0.4) is 0 Å². The van der Waals surface area contributed by atoms with Crippen molar-refractivity contribution in [2.24, 2.45) is 11.7 Å². The molecular formula is C15H24N2O2. The molecule has 1 atom stereocenters. The maximum atomic E-state index is 12.4. The van der Waals surface area contributed by atoms with E-state index in [0.717, 1.165) is 24.4 Å². The van der Waals surface area contributed by atoms with Gasteiger partial charge in [-0.2, -0.15) is 0 Å². The zero-order chi connectivity index (χ0) is 14.0. The summed E-state index contributed by atoms with van der Waals surface area (Å²) < 4.78 is 5.57. The average Bonchev–Trinajstić information content (AvgIpc) is 3.09. The first-order valence-electron chi connectivity index (χ1n) is 7.07. The second-order valence-electron chi connectivity index (χ2n) is 5.88. The minimum atomic E-state index is -0.0629. The van der Waals surface area contributed by atoms with Gasteiger partial charge in [0.25, 0.3) is 0 Å². The average molecular weight is 264 g/mol. The van der Waals surface area contributed by atoms with Gasteiger partial charge in [0.2, 0.25) is 5.91 Å².